The normalized spacial score (nSPS) is 19.5. The Kier molecular flexibility index (Phi) is 6.69. The number of nitrogens with zero attached hydrogens (tertiary/aromatic N) is 2. The second kappa shape index (κ2) is 8.97. The van der Waals surface area contributed by atoms with Crippen LogP contribution in [0.3, 0.4) is 0 Å². The molecule has 1 aliphatic heterocycles. The van der Waals surface area contributed by atoms with E-state index in [1.54, 1.807) is 29.3 Å². The molecular formula is C23H30N2O6S. The summed E-state index contributed by atoms with van der Waals surface area (Å²) < 4.78 is 36.1. The number of ether oxygens (including phenoxy) is 2. The molecule has 0 saturated carbocycles. The molecule has 0 unspecified atom stereocenters. The first-order valence-electron chi connectivity index (χ1n) is 10.5. The molecule has 1 fully saturated rings. The maximum Gasteiger partial charge on any atom is 0.410 e. The zero-order valence-corrected chi connectivity index (χ0v) is 19.9. The van der Waals surface area contributed by atoms with E-state index in [2.05, 4.69) is 0 Å². The van der Waals surface area contributed by atoms with Gasteiger partial charge in [-0.1, -0.05) is 0 Å². The van der Waals surface area contributed by atoms with E-state index in [1.165, 1.54) is 22.8 Å². The van der Waals surface area contributed by atoms with Gasteiger partial charge in [0.25, 0.3) is 5.56 Å². The van der Waals surface area contributed by atoms with Crippen molar-refractivity contribution in [3.8, 4) is 11.4 Å². The fourth-order valence-corrected chi connectivity index (χ4v) is 4.25. The zero-order chi connectivity index (χ0) is 23.7. The van der Waals surface area contributed by atoms with Crippen LogP contribution in [0.2, 0.25) is 0 Å². The predicted molar refractivity (Wildman–Crippen MR) is 121 cm³/mol. The van der Waals surface area contributed by atoms with Crippen molar-refractivity contribution < 1.29 is 22.7 Å². The molecule has 2 atom stereocenters. The number of carbonyl (C=O) groups is 1. The van der Waals surface area contributed by atoms with Crippen molar-refractivity contribution in [2.45, 2.75) is 63.2 Å². The molecule has 174 valence electrons. The summed E-state index contributed by atoms with van der Waals surface area (Å²) in [6.07, 6.45) is 3.57. The third-order valence-electron chi connectivity index (χ3n) is 5.19. The molecule has 0 aliphatic carbocycles. The molecule has 1 aromatic carbocycles. The highest BCUT2D eigenvalue weighted by molar-refractivity contribution is 7.90. The second-order valence-electron chi connectivity index (χ2n) is 9.12. The lowest BCUT2D eigenvalue weighted by molar-refractivity contribution is -0.00105. The van der Waals surface area contributed by atoms with Crippen LogP contribution in [0, 0.1) is 0 Å². The van der Waals surface area contributed by atoms with Crippen LogP contribution in [0.5, 0.6) is 5.75 Å². The molecule has 0 spiro atoms. The Morgan fingerprint density at radius 1 is 1.12 bits per heavy atom. The summed E-state index contributed by atoms with van der Waals surface area (Å²) in [5, 5.41) is 0. The van der Waals surface area contributed by atoms with Gasteiger partial charge in [0.1, 0.15) is 17.5 Å². The van der Waals surface area contributed by atoms with Gasteiger partial charge in [0.2, 0.25) is 0 Å². The molecule has 0 bridgehead atoms. The molecule has 1 saturated heterocycles. The van der Waals surface area contributed by atoms with Crippen LogP contribution in [0.25, 0.3) is 5.69 Å². The molecule has 1 aromatic heterocycles. The highest BCUT2D eigenvalue weighted by Crippen LogP contribution is 2.24. The zero-order valence-electron chi connectivity index (χ0n) is 19.1. The van der Waals surface area contributed by atoms with Gasteiger partial charge >= 0.3 is 6.09 Å². The highest BCUT2D eigenvalue weighted by Gasteiger charge is 2.32. The summed E-state index contributed by atoms with van der Waals surface area (Å²) >= 11 is 0. The number of sulfone groups is 1. The summed E-state index contributed by atoms with van der Waals surface area (Å²) in [7, 11) is -3.30. The second-order valence-corrected chi connectivity index (χ2v) is 11.1. The smallest absolute Gasteiger partial charge is 0.410 e. The maximum absolute atomic E-state index is 12.6. The Labute approximate surface area is 188 Å². The molecule has 0 N–H and O–H groups in total. The first-order chi connectivity index (χ1) is 14.8. The van der Waals surface area contributed by atoms with Crippen molar-refractivity contribution in [1.82, 2.24) is 9.47 Å². The fourth-order valence-electron chi connectivity index (χ4n) is 3.62. The third kappa shape index (κ3) is 5.91. The largest absolute Gasteiger partial charge is 0.490 e. The van der Waals surface area contributed by atoms with E-state index in [9.17, 15) is 18.0 Å². The minimum absolute atomic E-state index is 0.0441. The first-order valence-corrected chi connectivity index (χ1v) is 12.4. The van der Waals surface area contributed by atoms with Crippen molar-refractivity contribution in [3.05, 3.63) is 52.9 Å². The van der Waals surface area contributed by atoms with Gasteiger partial charge in [-0.05, 0) is 58.0 Å². The van der Waals surface area contributed by atoms with Gasteiger partial charge in [-0.3, -0.25) is 9.36 Å². The lowest BCUT2D eigenvalue weighted by Crippen LogP contribution is -2.49. The Hall–Kier alpha value is -2.81. The van der Waals surface area contributed by atoms with Crippen molar-refractivity contribution >= 4 is 15.9 Å². The van der Waals surface area contributed by atoms with Gasteiger partial charge in [-0.2, -0.15) is 0 Å². The number of carbonyl (C=O) groups excluding carboxylic acids is 1. The van der Waals surface area contributed by atoms with E-state index in [4.69, 9.17) is 9.47 Å². The Morgan fingerprint density at radius 2 is 1.78 bits per heavy atom. The number of aromatic nitrogens is 1. The van der Waals surface area contributed by atoms with Crippen LogP contribution < -0.4 is 10.3 Å². The van der Waals surface area contributed by atoms with E-state index in [1.807, 2.05) is 27.7 Å². The lowest BCUT2D eigenvalue weighted by Gasteiger charge is -2.38. The standard InChI is InChI=1S/C23H30N2O6S/c1-16-14-18(10-12-24(16)22(27)31-23(2,3)4)30-19-11-13-25(21(26)15-19)17-6-8-20(9-7-17)32(5,28)29/h6-9,11,13,15-16,18H,10,12,14H2,1-5H3/t16-,18+/m1/s1. The van der Waals surface area contributed by atoms with E-state index in [0.717, 1.165) is 6.26 Å². The summed E-state index contributed by atoms with van der Waals surface area (Å²) in [5.74, 6) is 0.460. The molecule has 0 radical (unpaired) electrons. The van der Waals surface area contributed by atoms with Crippen molar-refractivity contribution in [2.75, 3.05) is 12.8 Å². The first kappa shape index (κ1) is 23.8. The molecule has 2 aromatic rings. The molecule has 2 heterocycles. The van der Waals surface area contributed by atoms with Gasteiger partial charge in [0, 0.05) is 49.6 Å². The van der Waals surface area contributed by atoms with Crippen LogP contribution >= 0.6 is 0 Å². The third-order valence-corrected chi connectivity index (χ3v) is 6.32. The number of pyridine rings is 1. The summed E-state index contributed by atoms with van der Waals surface area (Å²) in [4.78, 5) is 26.9. The Bertz CT molecular complexity index is 1130. The minimum Gasteiger partial charge on any atom is -0.490 e. The van der Waals surface area contributed by atoms with Crippen LogP contribution in [0.1, 0.15) is 40.5 Å². The fraction of sp³-hybridized carbons (Fsp3) is 0.478. The molecule has 8 nitrogen and oxygen atoms in total. The maximum atomic E-state index is 12.6. The molecule has 32 heavy (non-hydrogen) atoms. The van der Waals surface area contributed by atoms with E-state index < -0.39 is 15.4 Å². The topological polar surface area (TPSA) is 94.9 Å². The van der Waals surface area contributed by atoms with Gasteiger partial charge in [-0.25, -0.2) is 13.2 Å². The highest BCUT2D eigenvalue weighted by atomic mass is 32.2. The summed E-state index contributed by atoms with van der Waals surface area (Å²) in [5.41, 5.74) is -0.263. The number of rotatable bonds is 4. The van der Waals surface area contributed by atoms with E-state index in [-0.39, 0.29) is 28.7 Å². The minimum atomic E-state index is -3.30. The summed E-state index contributed by atoms with van der Waals surface area (Å²) in [6, 6.07) is 9.20. The van der Waals surface area contributed by atoms with Gasteiger partial charge in [0.15, 0.2) is 9.84 Å². The summed E-state index contributed by atoms with van der Waals surface area (Å²) in [6.45, 7) is 8.00. The SMILES string of the molecule is C[C@@H]1C[C@@H](Oc2ccn(-c3ccc(S(C)(=O)=O)cc3)c(=O)c2)CCN1C(=O)OC(C)(C)C. The quantitative estimate of drug-likeness (QED) is 0.691. The van der Waals surface area contributed by atoms with Crippen LogP contribution in [-0.2, 0) is 14.6 Å². The lowest BCUT2D eigenvalue weighted by atomic mass is 10.0. The van der Waals surface area contributed by atoms with E-state index in [0.29, 0.717) is 30.8 Å². The van der Waals surface area contributed by atoms with Crippen LogP contribution in [0.15, 0.2) is 52.3 Å². The number of benzene rings is 1. The Balaban J connectivity index is 1.65. The molecular weight excluding hydrogens is 432 g/mol. The van der Waals surface area contributed by atoms with Gasteiger partial charge in [-0.15, -0.1) is 0 Å². The predicted octanol–water partition coefficient (Wildman–Crippen LogP) is 3.41. The average molecular weight is 463 g/mol. The van der Waals surface area contributed by atoms with Crippen molar-refractivity contribution in [2.24, 2.45) is 0 Å². The molecule has 3 rings (SSSR count). The van der Waals surface area contributed by atoms with Gasteiger partial charge in [0.05, 0.1) is 4.90 Å². The number of likely N-dealkylation sites (tertiary alicyclic amines) is 1. The van der Waals surface area contributed by atoms with Crippen molar-refractivity contribution in [1.29, 1.82) is 0 Å². The van der Waals surface area contributed by atoms with Gasteiger partial charge < -0.3 is 14.4 Å². The van der Waals surface area contributed by atoms with Crippen LogP contribution in [0.4, 0.5) is 4.79 Å². The number of hydrogen-bond donors (Lipinski definition) is 0. The number of piperidine rings is 1. The molecule has 9 heteroatoms. The number of amides is 1. The van der Waals surface area contributed by atoms with E-state index >= 15 is 0 Å². The van der Waals surface area contributed by atoms with Crippen LogP contribution in [-0.4, -0.2) is 54.5 Å². The average Bonchev–Trinajstić information content (AvgIpc) is 2.66. The Morgan fingerprint density at radius 3 is 2.31 bits per heavy atom. The molecule has 1 aliphatic rings. The number of hydrogen-bond acceptors (Lipinski definition) is 6. The molecule has 1 amide bonds. The monoisotopic (exact) mass is 462 g/mol. The van der Waals surface area contributed by atoms with Crippen molar-refractivity contribution in [3.63, 3.8) is 0 Å².